The summed E-state index contributed by atoms with van der Waals surface area (Å²) in [5, 5.41) is 35.9. The van der Waals surface area contributed by atoms with Crippen molar-refractivity contribution in [1.29, 1.82) is 0 Å². The van der Waals surface area contributed by atoms with Gasteiger partial charge in [-0.25, -0.2) is 4.98 Å². The average Bonchev–Trinajstić information content (AvgIpc) is 3.46. The Labute approximate surface area is 227 Å². The number of nitrogens with zero attached hydrogens (tertiary/aromatic N) is 4. The second-order valence-electron chi connectivity index (χ2n) is 8.95. The lowest BCUT2D eigenvalue weighted by molar-refractivity contribution is 0.473. The van der Waals surface area contributed by atoms with Crippen molar-refractivity contribution in [3.8, 4) is 22.9 Å². The van der Waals surface area contributed by atoms with E-state index in [1.807, 2.05) is 36.4 Å². The van der Waals surface area contributed by atoms with Gasteiger partial charge in [-0.3, -0.25) is 4.98 Å². The van der Waals surface area contributed by atoms with Gasteiger partial charge in [-0.2, -0.15) is 0 Å². The fourth-order valence-electron chi connectivity index (χ4n) is 4.70. The SMILES string of the molecule is C=c1ccc2c(S)cc(O)c/c(=C\c3cnc4c(/C=c5\cc(O)cc(S)c6ccc(=C)c5=6)nnc-4cn3)c1=2. The third-order valence-electron chi connectivity index (χ3n) is 6.40. The van der Waals surface area contributed by atoms with Crippen LogP contribution in [0.5, 0.6) is 11.5 Å². The number of rotatable bonds is 2. The van der Waals surface area contributed by atoms with Crippen molar-refractivity contribution in [2.24, 2.45) is 0 Å². The zero-order valence-corrected chi connectivity index (χ0v) is 21.7. The van der Waals surface area contributed by atoms with Crippen molar-refractivity contribution in [2.75, 3.05) is 0 Å². The largest absolute Gasteiger partial charge is 0.508 e. The van der Waals surface area contributed by atoms with E-state index in [4.69, 9.17) is 0 Å². The molecule has 0 aromatic rings. The lowest BCUT2D eigenvalue weighted by atomic mass is 10.2. The van der Waals surface area contributed by atoms with E-state index < -0.39 is 0 Å². The van der Waals surface area contributed by atoms with Crippen LogP contribution in [0, 0.1) is 20.9 Å². The molecule has 6 nitrogen and oxygen atoms in total. The van der Waals surface area contributed by atoms with Gasteiger partial charge in [0.15, 0.2) is 0 Å². The highest BCUT2D eigenvalue weighted by atomic mass is 32.1. The predicted molar refractivity (Wildman–Crippen MR) is 152 cm³/mol. The molecule has 8 heteroatoms. The average molecular weight is 533 g/mol. The summed E-state index contributed by atoms with van der Waals surface area (Å²) in [7, 11) is 0. The molecule has 0 spiro atoms. The maximum Gasteiger partial charge on any atom is 0.132 e. The van der Waals surface area contributed by atoms with Crippen molar-refractivity contribution >= 4 is 50.6 Å². The summed E-state index contributed by atoms with van der Waals surface area (Å²) in [6.07, 6.45) is 6.89. The third-order valence-corrected chi connectivity index (χ3v) is 7.14. The van der Waals surface area contributed by atoms with Crippen LogP contribution in [0.1, 0.15) is 11.4 Å². The third kappa shape index (κ3) is 4.13. The quantitative estimate of drug-likeness (QED) is 0.256. The van der Waals surface area contributed by atoms with Crippen LogP contribution in [-0.4, -0.2) is 30.4 Å². The van der Waals surface area contributed by atoms with E-state index in [0.29, 0.717) is 32.6 Å². The van der Waals surface area contributed by atoms with Gasteiger partial charge in [-0.15, -0.1) is 35.5 Å². The summed E-state index contributed by atoms with van der Waals surface area (Å²) >= 11 is 9.05. The highest BCUT2D eigenvalue weighted by Crippen LogP contribution is 2.20. The fourth-order valence-corrected chi connectivity index (χ4v) is 5.33. The highest BCUT2D eigenvalue weighted by Gasteiger charge is 2.13. The first-order chi connectivity index (χ1) is 18.3. The fraction of sp³-hybridized carbons (Fsp3) is 0. The standard InChI is InChI=1S/C30H20N4O2S2/c1-15-3-5-22-26(37)11-20(35)8-17(28(15)22)7-19-13-32-30-24(33-34-25(30)14-31-19)10-18-9-21(36)12-27(38)23-6-4-16(2)29(18)23/h3-14,35-38H,1-2H2/b17-7+,18-10+. The monoisotopic (exact) mass is 532 g/mol. The molecule has 0 radical (unpaired) electrons. The molecule has 0 saturated carbocycles. The van der Waals surface area contributed by atoms with E-state index >= 15 is 0 Å². The van der Waals surface area contributed by atoms with Gasteiger partial charge in [0.25, 0.3) is 0 Å². The Morgan fingerprint density at radius 3 is 1.87 bits per heavy atom. The molecule has 6 aliphatic rings. The van der Waals surface area contributed by atoms with Crippen molar-refractivity contribution in [1.82, 2.24) is 20.2 Å². The molecule has 0 atom stereocenters. The first-order valence-electron chi connectivity index (χ1n) is 11.6. The topological polar surface area (TPSA) is 92.0 Å². The van der Waals surface area contributed by atoms with Crippen LogP contribution in [0.2, 0.25) is 0 Å². The number of aromatic nitrogens is 4. The molecule has 2 heterocycles. The molecular formula is C30H20N4O2S2. The van der Waals surface area contributed by atoms with E-state index in [0.717, 1.165) is 41.7 Å². The van der Waals surface area contributed by atoms with Gasteiger partial charge < -0.3 is 10.2 Å². The molecule has 2 aliphatic heterocycles. The van der Waals surface area contributed by atoms with Crippen LogP contribution in [0.4, 0.5) is 0 Å². The zero-order valence-electron chi connectivity index (χ0n) is 19.9. The number of aromatic hydroxyl groups is 2. The Morgan fingerprint density at radius 1 is 0.684 bits per heavy atom. The van der Waals surface area contributed by atoms with E-state index in [2.05, 4.69) is 58.6 Å². The van der Waals surface area contributed by atoms with Gasteiger partial charge in [0.05, 0.1) is 18.1 Å². The molecule has 38 heavy (non-hydrogen) atoms. The smallest absolute Gasteiger partial charge is 0.132 e. The second kappa shape index (κ2) is 9.16. The van der Waals surface area contributed by atoms with Gasteiger partial charge in [0.1, 0.15) is 28.6 Å². The van der Waals surface area contributed by atoms with Crippen molar-refractivity contribution < 1.29 is 10.2 Å². The summed E-state index contributed by atoms with van der Waals surface area (Å²) in [5.74, 6) is 0.156. The molecule has 184 valence electrons. The van der Waals surface area contributed by atoms with Gasteiger partial charge in [-0.05, 0) is 78.2 Å². The lowest BCUT2D eigenvalue weighted by Crippen LogP contribution is -2.10. The number of thiol groups is 2. The number of fused-ring (bicyclic) bond motifs is 1. The Balaban J connectivity index is 1.58. The number of hydrogen-bond acceptors (Lipinski definition) is 8. The molecule has 0 aromatic heterocycles. The predicted octanol–water partition coefficient (Wildman–Crippen LogP) is 2.29. The minimum absolute atomic E-state index is 0.0741. The molecule has 0 fully saturated rings. The maximum atomic E-state index is 10.4. The molecule has 6 rings (SSSR count). The molecule has 0 bridgehead atoms. The Kier molecular flexibility index (Phi) is 5.78. The molecule has 0 saturated heterocycles. The minimum Gasteiger partial charge on any atom is -0.508 e. The molecule has 0 aromatic carbocycles. The number of hydrogen-bond donors (Lipinski definition) is 4. The van der Waals surface area contributed by atoms with Crippen LogP contribution in [0.3, 0.4) is 0 Å². The Morgan fingerprint density at radius 2 is 1.26 bits per heavy atom. The maximum absolute atomic E-state index is 10.4. The van der Waals surface area contributed by atoms with E-state index in [1.54, 1.807) is 36.7 Å². The first kappa shape index (κ1) is 24.0. The van der Waals surface area contributed by atoms with Crippen molar-refractivity contribution in [2.45, 2.75) is 9.79 Å². The summed E-state index contributed by atoms with van der Waals surface area (Å²) < 4.78 is 0. The molecule has 0 amide bonds. The van der Waals surface area contributed by atoms with Gasteiger partial charge in [0.2, 0.25) is 0 Å². The summed E-state index contributed by atoms with van der Waals surface area (Å²) in [4.78, 5) is 10.5. The van der Waals surface area contributed by atoms with Crippen molar-refractivity contribution in [3.05, 3.63) is 114 Å². The summed E-state index contributed by atoms with van der Waals surface area (Å²) in [6.45, 7) is 8.26. The Hall–Kier alpha value is -4.40. The van der Waals surface area contributed by atoms with Gasteiger partial charge in [0, 0.05) is 9.79 Å². The van der Waals surface area contributed by atoms with Crippen LogP contribution < -0.4 is 20.9 Å². The van der Waals surface area contributed by atoms with Gasteiger partial charge >= 0.3 is 0 Å². The van der Waals surface area contributed by atoms with E-state index in [1.165, 1.54) is 0 Å². The lowest BCUT2D eigenvalue weighted by Gasteiger charge is -1.90. The van der Waals surface area contributed by atoms with Gasteiger partial charge in [-0.1, -0.05) is 37.4 Å². The van der Waals surface area contributed by atoms with E-state index in [9.17, 15) is 10.2 Å². The van der Waals surface area contributed by atoms with Crippen LogP contribution in [0.15, 0.2) is 70.7 Å². The Bertz CT molecular complexity index is 2240. The molecule has 4 aliphatic carbocycles. The summed E-state index contributed by atoms with van der Waals surface area (Å²) in [5.41, 5.74) is 2.15. The van der Waals surface area contributed by atoms with Crippen molar-refractivity contribution in [3.63, 3.8) is 0 Å². The molecular weight excluding hydrogens is 512 g/mol. The molecule has 0 unspecified atom stereocenters. The highest BCUT2D eigenvalue weighted by molar-refractivity contribution is 7.80. The zero-order chi connectivity index (χ0) is 26.6. The summed E-state index contributed by atoms with van der Waals surface area (Å²) in [6, 6.07) is 14.2. The molecule has 2 N–H and O–H groups in total. The van der Waals surface area contributed by atoms with E-state index in [-0.39, 0.29) is 11.5 Å². The first-order valence-corrected chi connectivity index (χ1v) is 12.5. The normalized spacial score (nSPS) is 12.7. The minimum atomic E-state index is 0.0741. The van der Waals surface area contributed by atoms with Crippen LogP contribution >= 0.6 is 25.3 Å². The second-order valence-corrected chi connectivity index (χ2v) is 9.92. The van der Waals surface area contributed by atoms with Crippen LogP contribution in [-0.2, 0) is 0 Å². The van der Waals surface area contributed by atoms with Crippen LogP contribution in [0.25, 0.3) is 36.7 Å².